The lowest BCUT2D eigenvalue weighted by atomic mass is 10.2. The molecule has 0 atom stereocenters. The molecule has 5 nitrogen and oxygen atoms in total. The predicted octanol–water partition coefficient (Wildman–Crippen LogP) is 5.45. The molecule has 0 saturated heterocycles. The van der Waals surface area contributed by atoms with Crippen LogP contribution in [0.3, 0.4) is 0 Å². The molecule has 25 heavy (non-hydrogen) atoms. The van der Waals surface area contributed by atoms with Crippen molar-refractivity contribution < 1.29 is 0 Å². The Morgan fingerprint density at radius 3 is 2.60 bits per heavy atom. The number of halogens is 2. The highest BCUT2D eigenvalue weighted by Gasteiger charge is 2.08. The molecule has 0 unspecified atom stereocenters. The highest BCUT2D eigenvalue weighted by molar-refractivity contribution is 6.43. The van der Waals surface area contributed by atoms with Gasteiger partial charge in [-0.15, -0.1) is 0 Å². The number of aryl methyl sites for hydroxylation is 1. The largest absolute Gasteiger partial charge is 0.339 e. The first-order valence-electron chi connectivity index (χ1n) is 7.39. The van der Waals surface area contributed by atoms with Gasteiger partial charge in [0.2, 0.25) is 5.95 Å². The van der Waals surface area contributed by atoms with Gasteiger partial charge in [-0.2, -0.15) is 10.2 Å². The number of nitrogens with one attached hydrogen (secondary N) is 2. The van der Waals surface area contributed by atoms with Crippen molar-refractivity contribution in [3.05, 3.63) is 69.8 Å². The zero-order valence-electron chi connectivity index (χ0n) is 13.2. The first kappa shape index (κ1) is 17.0. The quantitative estimate of drug-likeness (QED) is 0.639. The summed E-state index contributed by atoms with van der Waals surface area (Å²) in [5, 5.41) is 16.1. The molecule has 0 fully saturated rings. The normalized spacial score (nSPS) is 10.2. The summed E-state index contributed by atoms with van der Waals surface area (Å²) < 4.78 is 0. The van der Waals surface area contributed by atoms with Gasteiger partial charge in [0.15, 0.2) is 0 Å². The van der Waals surface area contributed by atoms with E-state index in [1.54, 1.807) is 36.4 Å². The Morgan fingerprint density at radius 1 is 1.00 bits per heavy atom. The van der Waals surface area contributed by atoms with Gasteiger partial charge in [-0.1, -0.05) is 35.3 Å². The number of nitriles is 1. The van der Waals surface area contributed by atoms with E-state index in [9.17, 15) is 0 Å². The van der Waals surface area contributed by atoms with Gasteiger partial charge < -0.3 is 10.6 Å². The zero-order valence-corrected chi connectivity index (χ0v) is 14.7. The average Bonchev–Trinajstić information content (AvgIpc) is 2.59. The second-order valence-electron chi connectivity index (χ2n) is 5.26. The zero-order chi connectivity index (χ0) is 17.8. The average molecular weight is 370 g/mol. The number of aromatic nitrogens is 2. The lowest BCUT2D eigenvalue weighted by Gasteiger charge is -2.11. The molecule has 1 heterocycles. The van der Waals surface area contributed by atoms with Crippen molar-refractivity contribution in [2.24, 2.45) is 0 Å². The molecule has 0 saturated carbocycles. The van der Waals surface area contributed by atoms with Crippen molar-refractivity contribution in [1.29, 1.82) is 5.26 Å². The molecule has 0 aliphatic heterocycles. The van der Waals surface area contributed by atoms with Crippen molar-refractivity contribution in [2.75, 3.05) is 10.6 Å². The first-order chi connectivity index (χ1) is 12.0. The minimum atomic E-state index is 0.413. The van der Waals surface area contributed by atoms with E-state index in [0.717, 1.165) is 11.4 Å². The topological polar surface area (TPSA) is 73.6 Å². The lowest BCUT2D eigenvalue weighted by Crippen LogP contribution is -2.02. The summed E-state index contributed by atoms with van der Waals surface area (Å²) >= 11 is 12.2. The third kappa shape index (κ3) is 4.18. The van der Waals surface area contributed by atoms with Crippen LogP contribution in [0.5, 0.6) is 0 Å². The third-order valence-corrected chi connectivity index (χ3v) is 4.14. The smallest absolute Gasteiger partial charge is 0.229 e. The fraction of sp³-hybridized carbons (Fsp3) is 0.0556. The molecule has 3 rings (SSSR count). The van der Waals surface area contributed by atoms with Gasteiger partial charge in [-0.05, 0) is 37.3 Å². The molecular formula is C18H13Cl2N5. The van der Waals surface area contributed by atoms with Crippen LogP contribution in [0.25, 0.3) is 0 Å². The molecule has 2 aromatic carbocycles. The maximum absolute atomic E-state index is 8.99. The van der Waals surface area contributed by atoms with E-state index in [0.29, 0.717) is 33.1 Å². The number of rotatable bonds is 4. The van der Waals surface area contributed by atoms with Gasteiger partial charge in [0.05, 0.1) is 27.4 Å². The SMILES string of the molecule is Cc1cc(Nc2cccc(Cl)c2Cl)nc(Nc2cccc(C#N)c2)n1. The minimum Gasteiger partial charge on any atom is -0.339 e. The second-order valence-corrected chi connectivity index (χ2v) is 6.05. The fourth-order valence-electron chi connectivity index (χ4n) is 2.22. The van der Waals surface area contributed by atoms with Crippen LogP contribution in [-0.4, -0.2) is 9.97 Å². The van der Waals surface area contributed by atoms with Crippen LogP contribution in [-0.2, 0) is 0 Å². The standard InChI is InChI=1S/C18H13Cl2N5/c1-11-8-16(24-15-7-3-6-14(19)17(15)20)25-18(22-11)23-13-5-2-4-12(9-13)10-21/h2-9H,1H3,(H2,22,23,24,25). The summed E-state index contributed by atoms with van der Waals surface area (Å²) in [6, 6.07) is 16.3. The van der Waals surface area contributed by atoms with Crippen LogP contribution >= 0.6 is 23.2 Å². The summed E-state index contributed by atoms with van der Waals surface area (Å²) in [6.07, 6.45) is 0. The van der Waals surface area contributed by atoms with E-state index in [4.69, 9.17) is 28.5 Å². The first-order valence-corrected chi connectivity index (χ1v) is 8.14. The Hall–Kier alpha value is -2.81. The second kappa shape index (κ2) is 7.39. The van der Waals surface area contributed by atoms with Gasteiger partial charge in [0, 0.05) is 17.4 Å². The van der Waals surface area contributed by atoms with Crippen LogP contribution in [0, 0.1) is 18.3 Å². The highest BCUT2D eigenvalue weighted by Crippen LogP contribution is 2.31. The summed E-state index contributed by atoms with van der Waals surface area (Å²) in [4.78, 5) is 8.79. The van der Waals surface area contributed by atoms with E-state index in [1.807, 2.05) is 19.1 Å². The number of benzene rings is 2. The summed E-state index contributed by atoms with van der Waals surface area (Å²) in [5.41, 5.74) is 2.72. The van der Waals surface area contributed by atoms with Gasteiger partial charge >= 0.3 is 0 Å². The van der Waals surface area contributed by atoms with E-state index in [1.165, 1.54) is 0 Å². The molecule has 0 radical (unpaired) electrons. The lowest BCUT2D eigenvalue weighted by molar-refractivity contribution is 1.11. The van der Waals surface area contributed by atoms with Gasteiger partial charge in [0.1, 0.15) is 5.82 Å². The molecular weight excluding hydrogens is 357 g/mol. The number of nitrogens with zero attached hydrogens (tertiary/aromatic N) is 3. The Labute approximate surface area is 155 Å². The molecule has 0 bridgehead atoms. The molecule has 1 aromatic heterocycles. The fourth-order valence-corrected chi connectivity index (χ4v) is 2.57. The molecule has 0 amide bonds. The van der Waals surface area contributed by atoms with Crippen molar-refractivity contribution in [3.63, 3.8) is 0 Å². The maximum atomic E-state index is 8.99. The van der Waals surface area contributed by atoms with Crippen molar-refractivity contribution in [3.8, 4) is 6.07 Å². The maximum Gasteiger partial charge on any atom is 0.229 e. The Kier molecular flexibility index (Phi) is 5.03. The molecule has 3 aromatic rings. The molecule has 0 aliphatic rings. The van der Waals surface area contributed by atoms with E-state index in [-0.39, 0.29) is 0 Å². The monoisotopic (exact) mass is 369 g/mol. The Morgan fingerprint density at radius 2 is 1.80 bits per heavy atom. The third-order valence-electron chi connectivity index (χ3n) is 3.32. The summed E-state index contributed by atoms with van der Waals surface area (Å²) in [5.74, 6) is 0.992. The molecule has 0 spiro atoms. The predicted molar refractivity (Wildman–Crippen MR) is 101 cm³/mol. The van der Waals surface area contributed by atoms with Crippen LogP contribution < -0.4 is 10.6 Å². The Balaban J connectivity index is 1.87. The number of hydrogen-bond donors (Lipinski definition) is 2. The van der Waals surface area contributed by atoms with E-state index in [2.05, 4.69) is 26.7 Å². The van der Waals surface area contributed by atoms with Crippen LogP contribution in [0.15, 0.2) is 48.5 Å². The molecule has 0 aliphatic carbocycles. The molecule has 2 N–H and O–H groups in total. The van der Waals surface area contributed by atoms with Crippen molar-refractivity contribution in [1.82, 2.24) is 9.97 Å². The summed E-state index contributed by atoms with van der Waals surface area (Å²) in [7, 11) is 0. The van der Waals surface area contributed by atoms with Crippen molar-refractivity contribution >= 4 is 46.3 Å². The highest BCUT2D eigenvalue weighted by atomic mass is 35.5. The Bertz CT molecular complexity index is 966. The van der Waals surface area contributed by atoms with Crippen LogP contribution in [0.2, 0.25) is 10.0 Å². The van der Waals surface area contributed by atoms with Crippen LogP contribution in [0.1, 0.15) is 11.3 Å². The van der Waals surface area contributed by atoms with Gasteiger partial charge in [-0.3, -0.25) is 0 Å². The van der Waals surface area contributed by atoms with Crippen LogP contribution in [0.4, 0.5) is 23.1 Å². The number of hydrogen-bond acceptors (Lipinski definition) is 5. The van der Waals surface area contributed by atoms with E-state index < -0.39 is 0 Å². The van der Waals surface area contributed by atoms with E-state index >= 15 is 0 Å². The van der Waals surface area contributed by atoms with Gasteiger partial charge in [-0.25, -0.2) is 4.98 Å². The van der Waals surface area contributed by atoms with Gasteiger partial charge in [0.25, 0.3) is 0 Å². The number of anilines is 4. The minimum absolute atomic E-state index is 0.413. The molecule has 7 heteroatoms. The molecule has 124 valence electrons. The summed E-state index contributed by atoms with van der Waals surface area (Å²) in [6.45, 7) is 1.86. The van der Waals surface area contributed by atoms with Crippen molar-refractivity contribution in [2.45, 2.75) is 6.92 Å².